The van der Waals surface area contributed by atoms with Crippen molar-refractivity contribution in [3.63, 3.8) is 0 Å². The minimum atomic E-state index is -0.388. The maximum Gasteiger partial charge on any atom is 0.332 e. The van der Waals surface area contributed by atoms with Gasteiger partial charge in [0.05, 0.1) is 13.7 Å². The van der Waals surface area contributed by atoms with Crippen molar-refractivity contribution in [2.45, 2.75) is 6.54 Å². The van der Waals surface area contributed by atoms with Crippen molar-refractivity contribution in [3.05, 3.63) is 81.0 Å². The Morgan fingerprint density at radius 1 is 0.929 bits per heavy atom. The van der Waals surface area contributed by atoms with Crippen molar-refractivity contribution in [1.29, 1.82) is 0 Å². The van der Waals surface area contributed by atoms with E-state index in [1.807, 2.05) is 54.6 Å². The van der Waals surface area contributed by atoms with E-state index in [0.717, 1.165) is 16.9 Å². The molecule has 4 aromatic rings. The predicted octanol–water partition coefficient (Wildman–Crippen LogP) is 2.16. The molecule has 142 valence electrons. The molecule has 7 heteroatoms. The van der Waals surface area contributed by atoms with Gasteiger partial charge in [-0.15, -0.1) is 0 Å². The quantitative estimate of drug-likeness (QED) is 0.547. The SMILES string of the molecule is COc1ccc(-c2nc3c(c(=O)n(Cc4ccccc4)c(=O)n3C)n2C)cc1. The van der Waals surface area contributed by atoms with Gasteiger partial charge in [0.1, 0.15) is 11.6 Å². The summed E-state index contributed by atoms with van der Waals surface area (Å²) in [6.45, 7) is 0.214. The Kier molecular flexibility index (Phi) is 4.35. The van der Waals surface area contributed by atoms with Crippen LogP contribution in [-0.4, -0.2) is 25.8 Å². The molecule has 0 aliphatic rings. The summed E-state index contributed by atoms with van der Waals surface area (Å²) in [7, 11) is 5.03. The number of methoxy groups -OCH3 is 1. The minimum absolute atomic E-state index is 0.214. The lowest BCUT2D eigenvalue weighted by atomic mass is 10.2. The average Bonchev–Trinajstić information content (AvgIpc) is 3.08. The molecular weight excluding hydrogens is 356 g/mol. The molecule has 2 heterocycles. The van der Waals surface area contributed by atoms with Gasteiger partial charge in [-0.2, -0.15) is 0 Å². The summed E-state index contributed by atoms with van der Waals surface area (Å²) in [5.41, 5.74) is 1.74. The van der Waals surface area contributed by atoms with E-state index in [1.165, 1.54) is 9.13 Å². The van der Waals surface area contributed by atoms with Gasteiger partial charge in [0.15, 0.2) is 11.2 Å². The lowest BCUT2D eigenvalue weighted by Crippen LogP contribution is -2.39. The van der Waals surface area contributed by atoms with E-state index >= 15 is 0 Å². The van der Waals surface area contributed by atoms with Crippen LogP contribution in [-0.2, 0) is 20.6 Å². The minimum Gasteiger partial charge on any atom is -0.497 e. The van der Waals surface area contributed by atoms with E-state index in [-0.39, 0.29) is 17.8 Å². The van der Waals surface area contributed by atoms with E-state index in [2.05, 4.69) is 4.98 Å². The Balaban J connectivity index is 1.92. The van der Waals surface area contributed by atoms with Crippen molar-refractivity contribution in [2.24, 2.45) is 14.1 Å². The lowest BCUT2D eigenvalue weighted by molar-refractivity contribution is 0.415. The monoisotopic (exact) mass is 376 g/mol. The van der Waals surface area contributed by atoms with Crippen LogP contribution in [0.4, 0.5) is 0 Å². The molecule has 2 aromatic heterocycles. The van der Waals surface area contributed by atoms with Crippen LogP contribution < -0.4 is 16.0 Å². The fourth-order valence-corrected chi connectivity index (χ4v) is 3.35. The summed E-state index contributed by atoms with van der Waals surface area (Å²) in [6.07, 6.45) is 0. The number of aromatic nitrogens is 4. The zero-order valence-electron chi connectivity index (χ0n) is 15.9. The van der Waals surface area contributed by atoms with Gasteiger partial charge in [0, 0.05) is 19.7 Å². The average molecular weight is 376 g/mol. The summed E-state index contributed by atoms with van der Waals surface area (Å²) in [5, 5.41) is 0. The van der Waals surface area contributed by atoms with Crippen molar-refractivity contribution >= 4 is 11.2 Å². The molecule has 0 amide bonds. The van der Waals surface area contributed by atoms with Crippen LogP contribution in [0.2, 0.25) is 0 Å². The Hall–Kier alpha value is -3.61. The van der Waals surface area contributed by atoms with Crippen molar-refractivity contribution in [3.8, 4) is 17.1 Å². The zero-order valence-corrected chi connectivity index (χ0v) is 15.9. The molecule has 0 N–H and O–H groups in total. The summed E-state index contributed by atoms with van der Waals surface area (Å²) >= 11 is 0. The highest BCUT2D eigenvalue weighted by atomic mass is 16.5. The first-order valence-electron chi connectivity index (χ1n) is 8.86. The summed E-state index contributed by atoms with van der Waals surface area (Å²) in [6, 6.07) is 16.9. The van der Waals surface area contributed by atoms with Crippen LogP contribution in [0.15, 0.2) is 64.2 Å². The molecule has 28 heavy (non-hydrogen) atoms. The second-order valence-corrected chi connectivity index (χ2v) is 6.61. The largest absolute Gasteiger partial charge is 0.497 e. The van der Waals surface area contributed by atoms with Gasteiger partial charge in [0.25, 0.3) is 5.56 Å². The summed E-state index contributed by atoms with van der Waals surface area (Å²) < 4.78 is 9.60. The first-order valence-corrected chi connectivity index (χ1v) is 8.86. The van der Waals surface area contributed by atoms with E-state index < -0.39 is 0 Å². The molecule has 0 spiro atoms. The highest BCUT2D eigenvalue weighted by molar-refractivity contribution is 5.77. The molecular formula is C21H20N4O3. The van der Waals surface area contributed by atoms with Crippen molar-refractivity contribution in [1.82, 2.24) is 18.7 Å². The van der Waals surface area contributed by atoms with Crippen molar-refractivity contribution in [2.75, 3.05) is 7.11 Å². The molecule has 2 aromatic carbocycles. The van der Waals surface area contributed by atoms with E-state index in [0.29, 0.717) is 17.0 Å². The number of imidazole rings is 1. The van der Waals surface area contributed by atoms with E-state index in [1.54, 1.807) is 25.8 Å². The number of hydrogen-bond donors (Lipinski definition) is 0. The standard InChI is InChI=1S/C21H20N4O3/c1-23-17-19(22-18(23)15-9-11-16(28-3)12-10-15)24(2)21(27)25(20(17)26)13-14-7-5-4-6-8-14/h4-12H,13H2,1-3H3. The fourth-order valence-electron chi connectivity index (χ4n) is 3.35. The van der Waals surface area contributed by atoms with Crippen molar-refractivity contribution < 1.29 is 4.74 Å². The second kappa shape index (κ2) is 6.84. The lowest BCUT2D eigenvalue weighted by Gasteiger charge is -2.08. The van der Waals surface area contributed by atoms with Crippen LogP contribution in [0.25, 0.3) is 22.6 Å². The van der Waals surface area contributed by atoms with E-state index in [4.69, 9.17) is 4.74 Å². The molecule has 0 bridgehead atoms. The first kappa shape index (κ1) is 17.8. The van der Waals surface area contributed by atoms with Crippen LogP contribution >= 0.6 is 0 Å². The molecule has 0 saturated carbocycles. The Morgan fingerprint density at radius 2 is 1.61 bits per heavy atom. The van der Waals surface area contributed by atoms with Crippen LogP contribution in [0.1, 0.15) is 5.56 Å². The van der Waals surface area contributed by atoms with Crippen LogP contribution in [0.3, 0.4) is 0 Å². The van der Waals surface area contributed by atoms with Gasteiger partial charge >= 0.3 is 5.69 Å². The zero-order chi connectivity index (χ0) is 19.8. The van der Waals surface area contributed by atoms with Gasteiger partial charge in [-0.05, 0) is 29.8 Å². The highest BCUT2D eigenvalue weighted by Crippen LogP contribution is 2.23. The Labute approximate surface area is 161 Å². The molecule has 0 atom stereocenters. The molecule has 0 aliphatic carbocycles. The Morgan fingerprint density at radius 3 is 2.25 bits per heavy atom. The number of hydrogen-bond acceptors (Lipinski definition) is 4. The predicted molar refractivity (Wildman–Crippen MR) is 108 cm³/mol. The third kappa shape index (κ3) is 2.81. The number of nitrogens with zero attached hydrogens (tertiary/aromatic N) is 4. The topological polar surface area (TPSA) is 71.1 Å². The maximum absolute atomic E-state index is 13.1. The van der Waals surface area contributed by atoms with Gasteiger partial charge in [-0.3, -0.25) is 13.9 Å². The number of rotatable bonds is 4. The number of aryl methyl sites for hydroxylation is 2. The molecule has 0 radical (unpaired) electrons. The van der Waals surface area contributed by atoms with Gasteiger partial charge in [0.2, 0.25) is 0 Å². The fraction of sp³-hybridized carbons (Fsp3) is 0.190. The third-order valence-corrected chi connectivity index (χ3v) is 4.89. The normalized spacial score (nSPS) is 11.1. The number of ether oxygens (including phenoxy) is 1. The summed E-state index contributed by atoms with van der Waals surface area (Å²) in [5.74, 6) is 1.35. The summed E-state index contributed by atoms with van der Waals surface area (Å²) in [4.78, 5) is 30.5. The molecule has 4 rings (SSSR count). The molecule has 0 unspecified atom stereocenters. The Bertz CT molecular complexity index is 1270. The van der Waals surface area contributed by atoms with Crippen LogP contribution in [0.5, 0.6) is 5.75 Å². The molecule has 0 saturated heterocycles. The van der Waals surface area contributed by atoms with Crippen LogP contribution in [0, 0.1) is 0 Å². The van der Waals surface area contributed by atoms with Gasteiger partial charge in [-0.1, -0.05) is 30.3 Å². The molecule has 0 fully saturated rings. The highest BCUT2D eigenvalue weighted by Gasteiger charge is 2.19. The van der Waals surface area contributed by atoms with E-state index in [9.17, 15) is 9.59 Å². The first-order chi connectivity index (χ1) is 13.5. The number of fused-ring (bicyclic) bond motifs is 1. The van der Waals surface area contributed by atoms with Gasteiger partial charge < -0.3 is 9.30 Å². The maximum atomic E-state index is 13.1. The molecule has 7 nitrogen and oxygen atoms in total. The second-order valence-electron chi connectivity index (χ2n) is 6.61. The van der Waals surface area contributed by atoms with Gasteiger partial charge in [-0.25, -0.2) is 9.78 Å². The smallest absolute Gasteiger partial charge is 0.332 e. The number of benzene rings is 2. The third-order valence-electron chi connectivity index (χ3n) is 4.89. The molecule has 0 aliphatic heterocycles.